The number of carbonyl (C=O) groups excluding carboxylic acids is 2. The van der Waals surface area contributed by atoms with E-state index in [2.05, 4.69) is 11.4 Å². The third-order valence-electron chi connectivity index (χ3n) is 6.41. The van der Waals surface area contributed by atoms with Gasteiger partial charge in [-0.3, -0.25) is 9.59 Å². The SMILES string of the molecule is COc1ccc(OC)c(CNC(=O)[C@@]2(c3cccc(C)c3)C[C@@H]3CCC(=O)N3C2)c1. The third-order valence-corrected chi connectivity index (χ3v) is 6.41. The van der Waals surface area contributed by atoms with Crippen LogP contribution >= 0.6 is 0 Å². The molecule has 0 unspecified atom stereocenters. The van der Waals surface area contributed by atoms with E-state index < -0.39 is 5.41 Å². The van der Waals surface area contributed by atoms with E-state index in [9.17, 15) is 9.59 Å². The van der Waals surface area contributed by atoms with Crippen molar-refractivity contribution in [3.05, 3.63) is 59.2 Å². The average Bonchev–Trinajstić information content (AvgIpc) is 3.31. The van der Waals surface area contributed by atoms with Crippen LogP contribution in [0.1, 0.15) is 36.0 Å². The summed E-state index contributed by atoms with van der Waals surface area (Å²) in [4.78, 5) is 27.9. The summed E-state index contributed by atoms with van der Waals surface area (Å²) in [5.41, 5.74) is 2.19. The minimum atomic E-state index is -0.737. The fourth-order valence-electron chi connectivity index (χ4n) is 4.79. The molecule has 1 N–H and O–H groups in total. The van der Waals surface area contributed by atoms with Crippen molar-refractivity contribution in [3.63, 3.8) is 0 Å². The molecule has 0 saturated carbocycles. The zero-order valence-corrected chi connectivity index (χ0v) is 17.7. The van der Waals surface area contributed by atoms with E-state index in [1.54, 1.807) is 14.2 Å². The fourth-order valence-corrected chi connectivity index (χ4v) is 4.79. The third kappa shape index (κ3) is 3.51. The molecule has 2 fully saturated rings. The second-order valence-corrected chi connectivity index (χ2v) is 8.23. The molecule has 2 heterocycles. The molecule has 6 nitrogen and oxygen atoms in total. The summed E-state index contributed by atoms with van der Waals surface area (Å²) < 4.78 is 10.8. The second-order valence-electron chi connectivity index (χ2n) is 8.23. The molecule has 0 aliphatic carbocycles. The van der Waals surface area contributed by atoms with Crippen LogP contribution in [-0.2, 0) is 21.5 Å². The molecule has 2 aliphatic heterocycles. The number of methoxy groups -OCH3 is 2. The average molecular weight is 408 g/mol. The van der Waals surface area contributed by atoms with E-state index in [4.69, 9.17) is 9.47 Å². The lowest BCUT2D eigenvalue weighted by Gasteiger charge is -2.29. The monoisotopic (exact) mass is 408 g/mol. The quantitative estimate of drug-likeness (QED) is 0.798. The molecule has 2 aromatic carbocycles. The predicted octanol–water partition coefficient (Wildman–Crippen LogP) is 2.96. The van der Waals surface area contributed by atoms with Gasteiger partial charge in [-0.25, -0.2) is 0 Å². The van der Waals surface area contributed by atoms with Gasteiger partial charge < -0.3 is 19.7 Å². The standard InChI is InChI=1S/C24H28N2O4/c1-16-5-4-6-18(11-16)24(13-19-7-10-22(27)26(19)15-24)23(28)25-14-17-12-20(29-2)8-9-21(17)30-3/h4-6,8-9,11-12,19H,7,10,13-15H2,1-3H3,(H,25,28)/t19-,24-/m0/s1. The Labute approximate surface area is 177 Å². The molecule has 6 heteroatoms. The van der Waals surface area contributed by atoms with Crippen molar-refractivity contribution >= 4 is 11.8 Å². The molecule has 158 valence electrons. The molecule has 2 aliphatic rings. The highest BCUT2D eigenvalue weighted by Crippen LogP contribution is 2.43. The molecule has 4 rings (SSSR count). The maximum atomic E-state index is 13.6. The lowest BCUT2D eigenvalue weighted by atomic mass is 9.76. The fraction of sp³-hybridized carbons (Fsp3) is 0.417. The van der Waals surface area contributed by atoms with Crippen LogP contribution in [0.15, 0.2) is 42.5 Å². The smallest absolute Gasteiger partial charge is 0.232 e. The molecule has 2 saturated heterocycles. The topological polar surface area (TPSA) is 67.9 Å². The van der Waals surface area contributed by atoms with Gasteiger partial charge in [-0.05, 0) is 43.5 Å². The second kappa shape index (κ2) is 8.01. The van der Waals surface area contributed by atoms with Crippen molar-refractivity contribution in [2.45, 2.75) is 44.2 Å². The first-order chi connectivity index (χ1) is 14.5. The number of hydrogen-bond donors (Lipinski definition) is 1. The van der Waals surface area contributed by atoms with Gasteiger partial charge in [0.1, 0.15) is 11.5 Å². The number of ether oxygens (including phenoxy) is 2. The molecule has 0 radical (unpaired) electrons. The normalized spacial score (nSPS) is 22.7. The number of aryl methyl sites for hydroxylation is 1. The van der Waals surface area contributed by atoms with Gasteiger partial charge in [0.05, 0.1) is 19.6 Å². The van der Waals surface area contributed by atoms with Crippen LogP contribution in [0.4, 0.5) is 0 Å². The zero-order valence-electron chi connectivity index (χ0n) is 17.7. The number of carbonyl (C=O) groups is 2. The lowest BCUT2D eigenvalue weighted by molar-refractivity contribution is -0.129. The zero-order chi connectivity index (χ0) is 21.3. The maximum Gasteiger partial charge on any atom is 0.232 e. The maximum absolute atomic E-state index is 13.6. The predicted molar refractivity (Wildman–Crippen MR) is 114 cm³/mol. The molecule has 2 amide bonds. The Hall–Kier alpha value is -3.02. The van der Waals surface area contributed by atoms with Gasteiger partial charge in [-0.15, -0.1) is 0 Å². The van der Waals surface area contributed by atoms with E-state index >= 15 is 0 Å². The molecule has 2 atom stereocenters. The molecular formula is C24H28N2O4. The largest absolute Gasteiger partial charge is 0.497 e. The summed E-state index contributed by atoms with van der Waals surface area (Å²) in [5, 5.41) is 3.12. The van der Waals surface area contributed by atoms with Crippen LogP contribution in [0.3, 0.4) is 0 Å². The van der Waals surface area contributed by atoms with Gasteiger partial charge in [0.25, 0.3) is 0 Å². The molecule has 2 aromatic rings. The Morgan fingerprint density at radius 2 is 2.03 bits per heavy atom. The Morgan fingerprint density at radius 1 is 1.20 bits per heavy atom. The van der Waals surface area contributed by atoms with E-state index in [0.29, 0.717) is 37.4 Å². The molecular weight excluding hydrogens is 380 g/mol. The van der Waals surface area contributed by atoms with Gasteiger partial charge in [0, 0.05) is 31.1 Å². The summed E-state index contributed by atoms with van der Waals surface area (Å²) in [7, 11) is 3.22. The summed E-state index contributed by atoms with van der Waals surface area (Å²) >= 11 is 0. The van der Waals surface area contributed by atoms with Crippen molar-refractivity contribution < 1.29 is 19.1 Å². The van der Waals surface area contributed by atoms with E-state index in [-0.39, 0.29) is 17.9 Å². The summed E-state index contributed by atoms with van der Waals surface area (Å²) in [6.45, 7) is 2.78. The highest BCUT2D eigenvalue weighted by molar-refractivity contribution is 5.91. The van der Waals surface area contributed by atoms with Crippen LogP contribution in [0.25, 0.3) is 0 Å². The minimum absolute atomic E-state index is 0.0554. The number of nitrogens with zero attached hydrogens (tertiary/aromatic N) is 1. The van der Waals surface area contributed by atoms with Crippen LogP contribution < -0.4 is 14.8 Å². The number of rotatable bonds is 6. The first kappa shape index (κ1) is 20.3. The highest BCUT2D eigenvalue weighted by Gasteiger charge is 2.53. The number of hydrogen-bond acceptors (Lipinski definition) is 4. The van der Waals surface area contributed by atoms with Gasteiger partial charge in [-0.1, -0.05) is 29.8 Å². The van der Waals surface area contributed by atoms with Crippen molar-refractivity contribution in [3.8, 4) is 11.5 Å². The van der Waals surface area contributed by atoms with Crippen LogP contribution in [0, 0.1) is 6.92 Å². The van der Waals surface area contributed by atoms with Crippen molar-refractivity contribution in [2.24, 2.45) is 0 Å². The Bertz CT molecular complexity index is 973. The van der Waals surface area contributed by atoms with E-state index in [1.807, 2.05) is 48.2 Å². The Kier molecular flexibility index (Phi) is 5.41. The van der Waals surface area contributed by atoms with Crippen LogP contribution in [0.2, 0.25) is 0 Å². The lowest BCUT2D eigenvalue weighted by Crippen LogP contribution is -2.46. The minimum Gasteiger partial charge on any atom is -0.497 e. The van der Waals surface area contributed by atoms with E-state index in [1.165, 1.54) is 0 Å². The Morgan fingerprint density at radius 3 is 2.73 bits per heavy atom. The molecule has 0 bridgehead atoms. The molecule has 30 heavy (non-hydrogen) atoms. The van der Waals surface area contributed by atoms with Crippen LogP contribution in [0.5, 0.6) is 11.5 Å². The first-order valence-electron chi connectivity index (χ1n) is 10.3. The molecule has 0 aromatic heterocycles. The summed E-state index contributed by atoms with van der Waals surface area (Å²) in [6.07, 6.45) is 2.06. The highest BCUT2D eigenvalue weighted by atomic mass is 16.5. The number of benzene rings is 2. The van der Waals surface area contributed by atoms with E-state index in [0.717, 1.165) is 23.1 Å². The number of fused-ring (bicyclic) bond motifs is 1. The number of amides is 2. The van der Waals surface area contributed by atoms with Gasteiger partial charge in [0.15, 0.2) is 0 Å². The van der Waals surface area contributed by atoms with Gasteiger partial charge in [0.2, 0.25) is 11.8 Å². The number of nitrogens with one attached hydrogen (secondary N) is 1. The summed E-state index contributed by atoms with van der Waals surface area (Å²) in [5.74, 6) is 1.50. The summed E-state index contributed by atoms with van der Waals surface area (Å²) in [6, 6.07) is 13.7. The Balaban J connectivity index is 1.62. The van der Waals surface area contributed by atoms with Gasteiger partial charge in [-0.2, -0.15) is 0 Å². The first-order valence-corrected chi connectivity index (χ1v) is 10.3. The van der Waals surface area contributed by atoms with Crippen molar-refractivity contribution in [2.75, 3.05) is 20.8 Å². The van der Waals surface area contributed by atoms with Crippen molar-refractivity contribution in [1.29, 1.82) is 0 Å². The van der Waals surface area contributed by atoms with Gasteiger partial charge >= 0.3 is 0 Å². The molecule has 0 spiro atoms. The van der Waals surface area contributed by atoms with Crippen molar-refractivity contribution in [1.82, 2.24) is 10.2 Å². The van der Waals surface area contributed by atoms with Crippen LogP contribution in [-0.4, -0.2) is 43.5 Å².